The average Bonchev–Trinajstić information content (AvgIpc) is 2.45. The van der Waals surface area contributed by atoms with Crippen LogP contribution in [-0.4, -0.2) is 44.9 Å². The maximum atomic E-state index is 9.16. The van der Waals surface area contributed by atoms with Gasteiger partial charge >= 0.3 is 0 Å². The summed E-state index contributed by atoms with van der Waals surface area (Å²) in [6, 6.07) is 5.42. The lowest BCUT2D eigenvalue weighted by Gasteiger charge is -2.12. The number of hydrogen-bond acceptors (Lipinski definition) is 4. The molecular weight excluding hydrogens is 278 g/mol. The summed E-state index contributed by atoms with van der Waals surface area (Å²) in [5.41, 5.74) is 0.979. The minimum absolute atomic E-state index is 0.435. The summed E-state index contributed by atoms with van der Waals surface area (Å²) < 4.78 is 10.8. The highest BCUT2D eigenvalue weighted by atomic mass is 35.5. The first-order chi connectivity index (χ1) is 9.62. The number of aliphatic imine (C=N–C) groups is 1. The highest BCUT2D eigenvalue weighted by molar-refractivity contribution is 6.17. The third kappa shape index (κ3) is 4.63. The van der Waals surface area contributed by atoms with Gasteiger partial charge in [-0.25, -0.2) is 4.99 Å². The summed E-state index contributed by atoms with van der Waals surface area (Å²) >= 11 is 5.62. The van der Waals surface area contributed by atoms with E-state index in [1.54, 1.807) is 23.4 Å². The summed E-state index contributed by atoms with van der Waals surface area (Å²) in [7, 11) is 5.25. The quantitative estimate of drug-likeness (QED) is 0.336. The summed E-state index contributed by atoms with van der Waals surface area (Å²) in [5, 5.41) is 9.16. The number of hydrogen-bond donors (Lipinski definition) is 0. The molecule has 1 aromatic carbocycles. The van der Waals surface area contributed by atoms with E-state index in [9.17, 15) is 0 Å². The van der Waals surface area contributed by atoms with Crippen LogP contribution in [0.3, 0.4) is 0 Å². The Balaban J connectivity index is 3.09. The first-order valence-corrected chi connectivity index (χ1v) is 6.67. The Hall–Kier alpha value is -1.93. The first-order valence-electron chi connectivity index (χ1n) is 6.14. The van der Waals surface area contributed by atoms with Crippen LogP contribution in [0.1, 0.15) is 12.0 Å². The minimum Gasteiger partial charge on any atom is -0.493 e. The molecule has 1 aromatic rings. The molecule has 0 saturated heterocycles. The van der Waals surface area contributed by atoms with E-state index in [1.807, 2.05) is 14.1 Å². The Morgan fingerprint density at radius 1 is 1.40 bits per heavy atom. The van der Waals surface area contributed by atoms with Gasteiger partial charge in [0, 0.05) is 32.1 Å². The van der Waals surface area contributed by atoms with Gasteiger partial charge < -0.3 is 14.4 Å². The summed E-state index contributed by atoms with van der Waals surface area (Å²) in [5.74, 6) is 1.60. The molecule has 0 aromatic heterocycles. The number of nitriles is 1. The molecule has 0 atom stereocenters. The molecule has 0 amide bonds. The van der Waals surface area contributed by atoms with Gasteiger partial charge in [0.25, 0.3) is 0 Å². The molecule has 0 heterocycles. The Bertz CT molecular complexity index is 510. The van der Waals surface area contributed by atoms with Crippen molar-refractivity contribution in [2.45, 2.75) is 6.42 Å². The number of ether oxygens (including phenoxy) is 2. The zero-order valence-corrected chi connectivity index (χ0v) is 12.6. The van der Waals surface area contributed by atoms with Gasteiger partial charge in [-0.05, 0) is 6.42 Å². The molecule has 0 N–H and O–H groups in total. The van der Waals surface area contributed by atoms with Gasteiger partial charge in [-0.2, -0.15) is 5.26 Å². The normalized spacial score (nSPS) is 10.3. The second-order valence-electron chi connectivity index (χ2n) is 4.23. The molecule has 5 nitrogen and oxygen atoms in total. The molecule has 0 bridgehead atoms. The topological polar surface area (TPSA) is 57.8 Å². The van der Waals surface area contributed by atoms with E-state index in [0.717, 1.165) is 6.42 Å². The van der Waals surface area contributed by atoms with Crippen molar-refractivity contribution in [2.75, 3.05) is 33.7 Å². The van der Waals surface area contributed by atoms with E-state index < -0.39 is 0 Å². The molecule has 6 heteroatoms. The largest absolute Gasteiger partial charge is 0.493 e. The van der Waals surface area contributed by atoms with E-state index in [-0.39, 0.29) is 0 Å². The van der Waals surface area contributed by atoms with Crippen molar-refractivity contribution in [3.05, 3.63) is 17.7 Å². The lowest BCUT2D eigenvalue weighted by Crippen LogP contribution is -2.07. The standard InChI is InChI=1S/C14H18ClN3O2/c1-18(2)10-17-12-8-14(20-6-4-5-15)13(19-3)7-11(12)9-16/h7-8,10H,4-6H2,1-3H3/b17-10-. The van der Waals surface area contributed by atoms with Crippen LogP contribution >= 0.6 is 11.6 Å². The molecule has 0 aliphatic heterocycles. The van der Waals surface area contributed by atoms with Crippen LogP contribution in [0.15, 0.2) is 17.1 Å². The number of benzene rings is 1. The van der Waals surface area contributed by atoms with E-state index >= 15 is 0 Å². The first kappa shape index (κ1) is 16.1. The third-order valence-electron chi connectivity index (χ3n) is 2.37. The van der Waals surface area contributed by atoms with Crippen molar-refractivity contribution in [3.63, 3.8) is 0 Å². The van der Waals surface area contributed by atoms with E-state index in [0.29, 0.717) is 35.2 Å². The predicted octanol–water partition coefficient (Wildman–Crippen LogP) is 2.80. The summed E-state index contributed by atoms with van der Waals surface area (Å²) in [6.45, 7) is 0.489. The van der Waals surface area contributed by atoms with Crippen LogP contribution in [0.25, 0.3) is 0 Å². The lowest BCUT2D eigenvalue weighted by atomic mass is 10.1. The molecular formula is C14H18ClN3O2. The predicted molar refractivity (Wildman–Crippen MR) is 80.4 cm³/mol. The number of nitrogens with zero attached hydrogens (tertiary/aromatic N) is 3. The van der Waals surface area contributed by atoms with Crippen LogP contribution in [0, 0.1) is 11.3 Å². The Labute approximate surface area is 124 Å². The van der Waals surface area contributed by atoms with Crippen LogP contribution in [0.4, 0.5) is 5.69 Å². The maximum Gasteiger partial charge on any atom is 0.163 e. The highest BCUT2D eigenvalue weighted by Crippen LogP contribution is 2.34. The number of halogens is 1. The highest BCUT2D eigenvalue weighted by Gasteiger charge is 2.11. The second kappa shape index (κ2) is 8.28. The number of rotatable bonds is 7. The van der Waals surface area contributed by atoms with Crippen LogP contribution in [0.5, 0.6) is 11.5 Å². The molecule has 0 spiro atoms. The van der Waals surface area contributed by atoms with Crippen LogP contribution < -0.4 is 9.47 Å². The Kier molecular flexibility index (Phi) is 6.68. The van der Waals surface area contributed by atoms with Gasteiger partial charge in [-0.3, -0.25) is 0 Å². The average molecular weight is 296 g/mol. The Morgan fingerprint density at radius 3 is 2.70 bits per heavy atom. The summed E-state index contributed by atoms with van der Waals surface area (Å²) in [4.78, 5) is 6.05. The molecule has 0 aliphatic carbocycles. The van der Waals surface area contributed by atoms with Gasteiger partial charge in [0.2, 0.25) is 0 Å². The molecule has 0 unspecified atom stereocenters. The van der Waals surface area contributed by atoms with Gasteiger partial charge in [-0.15, -0.1) is 11.6 Å². The van der Waals surface area contributed by atoms with E-state index in [2.05, 4.69) is 11.1 Å². The number of alkyl halides is 1. The van der Waals surface area contributed by atoms with Crippen molar-refractivity contribution in [3.8, 4) is 17.6 Å². The van der Waals surface area contributed by atoms with Crippen LogP contribution in [-0.2, 0) is 0 Å². The molecule has 0 saturated carbocycles. The van der Waals surface area contributed by atoms with Gasteiger partial charge in [0.15, 0.2) is 11.5 Å². The molecule has 0 radical (unpaired) electrons. The molecule has 1 rings (SSSR count). The van der Waals surface area contributed by atoms with Crippen molar-refractivity contribution >= 4 is 23.6 Å². The fourth-order valence-corrected chi connectivity index (χ4v) is 1.54. The second-order valence-corrected chi connectivity index (χ2v) is 4.61. The van der Waals surface area contributed by atoms with Crippen molar-refractivity contribution in [2.24, 2.45) is 4.99 Å². The smallest absolute Gasteiger partial charge is 0.163 e. The fourth-order valence-electron chi connectivity index (χ4n) is 1.43. The third-order valence-corrected chi connectivity index (χ3v) is 2.63. The van der Waals surface area contributed by atoms with Crippen LogP contribution in [0.2, 0.25) is 0 Å². The molecule has 20 heavy (non-hydrogen) atoms. The van der Waals surface area contributed by atoms with Gasteiger partial charge in [0.05, 0.1) is 31.3 Å². The monoisotopic (exact) mass is 295 g/mol. The van der Waals surface area contributed by atoms with Gasteiger partial charge in [-0.1, -0.05) is 0 Å². The van der Waals surface area contributed by atoms with Gasteiger partial charge in [0.1, 0.15) is 6.07 Å². The maximum absolute atomic E-state index is 9.16. The minimum atomic E-state index is 0.435. The number of methoxy groups -OCH3 is 1. The fraction of sp³-hybridized carbons (Fsp3) is 0.429. The lowest BCUT2D eigenvalue weighted by molar-refractivity contribution is 0.295. The van der Waals surface area contributed by atoms with Crippen molar-refractivity contribution < 1.29 is 9.47 Å². The zero-order valence-electron chi connectivity index (χ0n) is 11.9. The SMILES string of the molecule is COc1cc(C#N)c(/N=C\N(C)C)cc1OCCCCl. The van der Waals surface area contributed by atoms with E-state index in [1.165, 1.54) is 7.11 Å². The van der Waals surface area contributed by atoms with E-state index in [4.69, 9.17) is 26.3 Å². The zero-order chi connectivity index (χ0) is 15.0. The van der Waals surface area contributed by atoms with Crippen molar-refractivity contribution in [1.82, 2.24) is 4.90 Å². The van der Waals surface area contributed by atoms with Crippen molar-refractivity contribution in [1.29, 1.82) is 5.26 Å². The molecule has 0 aliphatic rings. The Morgan fingerprint density at radius 2 is 2.15 bits per heavy atom. The molecule has 108 valence electrons. The molecule has 0 fully saturated rings. The summed E-state index contributed by atoms with van der Waals surface area (Å²) in [6.07, 6.45) is 2.37.